The van der Waals surface area contributed by atoms with Crippen LogP contribution in [-0.4, -0.2) is 17.9 Å². The first-order valence-corrected chi connectivity index (χ1v) is 9.42. The van der Waals surface area contributed by atoms with Crippen molar-refractivity contribution in [3.8, 4) is 0 Å². The molecule has 3 aromatic carbocycles. The van der Waals surface area contributed by atoms with E-state index in [0.29, 0.717) is 11.1 Å². The summed E-state index contributed by atoms with van der Waals surface area (Å²) in [7, 11) is 0. The van der Waals surface area contributed by atoms with E-state index in [-0.39, 0.29) is 17.9 Å². The number of aryl methyl sites for hydroxylation is 1. The van der Waals surface area contributed by atoms with E-state index in [4.69, 9.17) is 0 Å². The Balaban J connectivity index is 1.52. The molecule has 2 amide bonds. The molecule has 28 heavy (non-hydrogen) atoms. The minimum atomic E-state index is -0.190. The standard InChI is InChI=1S/C24H22N2O2/c1-16-6-5-8-21(14-16)25-23(27)18-10-12-19(13-11-18)24(28)26-17(2)15-20-7-3-4-9-22(20)26/h3-14,17H,15H2,1-2H3,(H,25,27). The minimum Gasteiger partial charge on any atom is -0.322 e. The molecule has 0 saturated heterocycles. The number of hydrogen-bond donors (Lipinski definition) is 1. The Morgan fingerprint density at radius 1 is 0.929 bits per heavy atom. The third-order valence-corrected chi connectivity index (χ3v) is 5.10. The van der Waals surface area contributed by atoms with Crippen molar-refractivity contribution in [1.82, 2.24) is 0 Å². The Morgan fingerprint density at radius 3 is 2.39 bits per heavy atom. The van der Waals surface area contributed by atoms with Crippen LogP contribution in [0.4, 0.5) is 11.4 Å². The van der Waals surface area contributed by atoms with Crippen LogP contribution in [0.3, 0.4) is 0 Å². The molecule has 4 nitrogen and oxygen atoms in total. The summed E-state index contributed by atoms with van der Waals surface area (Å²) in [5.41, 5.74) is 5.11. The van der Waals surface area contributed by atoms with Crippen LogP contribution >= 0.6 is 0 Å². The quantitative estimate of drug-likeness (QED) is 0.717. The SMILES string of the molecule is Cc1cccc(NC(=O)c2ccc(C(=O)N3c4ccccc4CC3C)cc2)c1. The zero-order valence-corrected chi connectivity index (χ0v) is 16.0. The molecule has 0 saturated carbocycles. The van der Waals surface area contributed by atoms with Crippen LogP contribution in [0.25, 0.3) is 0 Å². The molecule has 0 spiro atoms. The van der Waals surface area contributed by atoms with Crippen LogP contribution in [0, 0.1) is 6.92 Å². The van der Waals surface area contributed by atoms with Crippen molar-refractivity contribution in [2.75, 3.05) is 10.2 Å². The lowest BCUT2D eigenvalue weighted by molar-refractivity contribution is 0.0978. The maximum absolute atomic E-state index is 13.1. The van der Waals surface area contributed by atoms with Crippen molar-refractivity contribution in [2.45, 2.75) is 26.3 Å². The van der Waals surface area contributed by atoms with E-state index in [0.717, 1.165) is 23.4 Å². The van der Waals surface area contributed by atoms with Gasteiger partial charge in [0, 0.05) is 28.5 Å². The summed E-state index contributed by atoms with van der Waals surface area (Å²) in [5.74, 6) is -0.229. The van der Waals surface area contributed by atoms with Crippen LogP contribution in [-0.2, 0) is 6.42 Å². The van der Waals surface area contributed by atoms with Crippen LogP contribution in [0.1, 0.15) is 38.8 Å². The molecule has 0 radical (unpaired) electrons. The van der Waals surface area contributed by atoms with Gasteiger partial charge in [0.1, 0.15) is 0 Å². The van der Waals surface area contributed by atoms with E-state index < -0.39 is 0 Å². The highest BCUT2D eigenvalue weighted by atomic mass is 16.2. The summed E-state index contributed by atoms with van der Waals surface area (Å²) in [6.07, 6.45) is 0.860. The van der Waals surface area contributed by atoms with Crippen LogP contribution in [0.2, 0.25) is 0 Å². The monoisotopic (exact) mass is 370 g/mol. The fraction of sp³-hybridized carbons (Fsp3) is 0.167. The highest BCUT2D eigenvalue weighted by molar-refractivity contribution is 6.09. The molecule has 140 valence electrons. The number of fused-ring (bicyclic) bond motifs is 1. The Hall–Kier alpha value is -3.40. The first-order chi connectivity index (χ1) is 13.5. The Bertz CT molecular complexity index is 1040. The van der Waals surface area contributed by atoms with Gasteiger partial charge in [0.15, 0.2) is 0 Å². The number of nitrogens with zero attached hydrogens (tertiary/aromatic N) is 1. The molecular weight excluding hydrogens is 348 g/mol. The molecule has 1 heterocycles. The molecule has 1 N–H and O–H groups in total. The zero-order chi connectivity index (χ0) is 19.7. The smallest absolute Gasteiger partial charge is 0.258 e. The van der Waals surface area contributed by atoms with Crippen LogP contribution in [0.5, 0.6) is 0 Å². The van der Waals surface area contributed by atoms with Crippen molar-refractivity contribution in [3.63, 3.8) is 0 Å². The second-order valence-electron chi connectivity index (χ2n) is 7.26. The highest BCUT2D eigenvalue weighted by Crippen LogP contribution is 2.33. The van der Waals surface area contributed by atoms with Gasteiger partial charge in [-0.05, 0) is 73.9 Å². The van der Waals surface area contributed by atoms with E-state index in [1.54, 1.807) is 24.3 Å². The van der Waals surface area contributed by atoms with Gasteiger partial charge in [-0.3, -0.25) is 9.59 Å². The van der Waals surface area contributed by atoms with E-state index in [1.807, 2.05) is 54.3 Å². The molecule has 0 aromatic heterocycles. The van der Waals surface area contributed by atoms with Gasteiger partial charge in [-0.1, -0.05) is 30.3 Å². The van der Waals surface area contributed by atoms with Gasteiger partial charge in [-0.25, -0.2) is 0 Å². The molecule has 1 atom stereocenters. The normalized spacial score (nSPS) is 15.2. The summed E-state index contributed by atoms with van der Waals surface area (Å²) in [6, 6.07) is 22.6. The number of hydrogen-bond acceptors (Lipinski definition) is 2. The van der Waals surface area contributed by atoms with Crippen molar-refractivity contribution >= 4 is 23.2 Å². The van der Waals surface area contributed by atoms with Crippen molar-refractivity contribution in [1.29, 1.82) is 0 Å². The molecule has 4 rings (SSSR count). The third kappa shape index (κ3) is 3.41. The van der Waals surface area contributed by atoms with Crippen molar-refractivity contribution in [2.24, 2.45) is 0 Å². The van der Waals surface area contributed by atoms with Crippen LogP contribution in [0.15, 0.2) is 72.8 Å². The Kier molecular flexibility index (Phi) is 4.70. The molecule has 0 fully saturated rings. The van der Waals surface area contributed by atoms with Gasteiger partial charge in [0.25, 0.3) is 11.8 Å². The molecule has 0 bridgehead atoms. The summed E-state index contributed by atoms with van der Waals surface area (Å²) >= 11 is 0. The van der Waals surface area contributed by atoms with Crippen LogP contribution < -0.4 is 10.2 Å². The van der Waals surface area contributed by atoms with E-state index >= 15 is 0 Å². The van der Waals surface area contributed by atoms with Crippen molar-refractivity contribution in [3.05, 3.63) is 95.1 Å². The van der Waals surface area contributed by atoms with E-state index in [1.165, 1.54) is 5.56 Å². The highest BCUT2D eigenvalue weighted by Gasteiger charge is 2.31. The number of anilines is 2. The molecule has 1 unspecified atom stereocenters. The third-order valence-electron chi connectivity index (χ3n) is 5.10. The average Bonchev–Trinajstić information content (AvgIpc) is 3.03. The number of carbonyl (C=O) groups is 2. The molecule has 1 aliphatic rings. The molecule has 1 aliphatic heterocycles. The Labute approximate surface area is 164 Å². The molecule has 0 aliphatic carbocycles. The summed E-state index contributed by atoms with van der Waals surface area (Å²) in [6.45, 7) is 4.04. The largest absolute Gasteiger partial charge is 0.322 e. The van der Waals surface area contributed by atoms with E-state index in [2.05, 4.69) is 18.3 Å². The topological polar surface area (TPSA) is 49.4 Å². The average molecular weight is 370 g/mol. The van der Waals surface area contributed by atoms with E-state index in [9.17, 15) is 9.59 Å². The van der Waals surface area contributed by atoms with Gasteiger partial charge >= 0.3 is 0 Å². The molecule has 4 heteroatoms. The summed E-state index contributed by atoms with van der Waals surface area (Å²) in [5, 5.41) is 2.89. The predicted molar refractivity (Wildman–Crippen MR) is 112 cm³/mol. The molecule has 3 aromatic rings. The van der Waals surface area contributed by atoms with Gasteiger partial charge in [0.2, 0.25) is 0 Å². The minimum absolute atomic E-state index is 0.0388. The first kappa shape index (κ1) is 18.0. The number of nitrogens with one attached hydrogen (secondary N) is 1. The zero-order valence-electron chi connectivity index (χ0n) is 16.0. The summed E-state index contributed by atoms with van der Waals surface area (Å²) in [4.78, 5) is 27.4. The lowest BCUT2D eigenvalue weighted by Gasteiger charge is -2.23. The summed E-state index contributed by atoms with van der Waals surface area (Å²) < 4.78 is 0. The fourth-order valence-corrected chi connectivity index (χ4v) is 3.70. The van der Waals surface area contributed by atoms with Gasteiger partial charge < -0.3 is 10.2 Å². The number of amides is 2. The maximum Gasteiger partial charge on any atom is 0.258 e. The second kappa shape index (κ2) is 7.31. The lowest BCUT2D eigenvalue weighted by atomic mass is 10.1. The maximum atomic E-state index is 13.1. The lowest BCUT2D eigenvalue weighted by Crippen LogP contribution is -2.35. The van der Waals surface area contributed by atoms with Gasteiger partial charge in [-0.2, -0.15) is 0 Å². The Morgan fingerprint density at radius 2 is 1.64 bits per heavy atom. The number of benzene rings is 3. The number of rotatable bonds is 3. The van der Waals surface area contributed by atoms with Gasteiger partial charge in [0.05, 0.1) is 0 Å². The van der Waals surface area contributed by atoms with Gasteiger partial charge in [-0.15, -0.1) is 0 Å². The first-order valence-electron chi connectivity index (χ1n) is 9.42. The second-order valence-corrected chi connectivity index (χ2v) is 7.26. The van der Waals surface area contributed by atoms with Crippen molar-refractivity contribution < 1.29 is 9.59 Å². The predicted octanol–water partition coefficient (Wildman–Crippen LogP) is 4.84. The number of carbonyl (C=O) groups excluding carboxylic acids is 2. The fourth-order valence-electron chi connectivity index (χ4n) is 3.70. The molecular formula is C24H22N2O2. The number of para-hydroxylation sites is 1.